The van der Waals surface area contributed by atoms with Crippen LogP contribution in [-0.2, 0) is 6.54 Å². The molecule has 3 rings (SSSR count). The van der Waals surface area contributed by atoms with E-state index in [9.17, 15) is 19.2 Å². The number of aromatic nitrogens is 3. The molecule has 0 saturated carbocycles. The van der Waals surface area contributed by atoms with Crippen LogP contribution in [0.25, 0.3) is 11.0 Å². The SMILES string of the molecule is CCn1c(=O)[nH]c(=O)c2c(C(=O)Nc3ccc(C(=O)N(C)C)c(Cl)c3)cc(C(C)C)nc21. The van der Waals surface area contributed by atoms with Crippen LogP contribution in [-0.4, -0.2) is 45.3 Å². The fourth-order valence-corrected chi connectivity index (χ4v) is 3.53. The maximum absolute atomic E-state index is 13.2. The summed E-state index contributed by atoms with van der Waals surface area (Å²) < 4.78 is 1.32. The highest BCUT2D eigenvalue weighted by Gasteiger charge is 2.21. The van der Waals surface area contributed by atoms with E-state index in [0.717, 1.165) is 0 Å². The summed E-state index contributed by atoms with van der Waals surface area (Å²) in [6.45, 7) is 5.83. The van der Waals surface area contributed by atoms with Crippen LogP contribution in [0.1, 0.15) is 53.1 Å². The topological polar surface area (TPSA) is 117 Å². The van der Waals surface area contributed by atoms with Gasteiger partial charge in [0.15, 0.2) is 5.65 Å². The fourth-order valence-electron chi connectivity index (χ4n) is 3.27. The van der Waals surface area contributed by atoms with Crippen molar-refractivity contribution < 1.29 is 9.59 Å². The van der Waals surface area contributed by atoms with Gasteiger partial charge in [-0.1, -0.05) is 25.4 Å². The predicted molar refractivity (Wildman–Crippen MR) is 124 cm³/mol. The van der Waals surface area contributed by atoms with Gasteiger partial charge in [0, 0.05) is 32.0 Å². The number of fused-ring (bicyclic) bond motifs is 1. The lowest BCUT2D eigenvalue weighted by atomic mass is 10.0. The van der Waals surface area contributed by atoms with Gasteiger partial charge in [0.25, 0.3) is 17.4 Å². The number of pyridine rings is 1. The number of anilines is 1. The summed E-state index contributed by atoms with van der Waals surface area (Å²) in [6, 6.07) is 6.09. The van der Waals surface area contributed by atoms with Crippen LogP contribution >= 0.6 is 11.6 Å². The summed E-state index contributed by atoms with van der Waals surface area (Å²) >= 11 is 6.24. The van der Waals surface area contributed by atoms with Crippen LogP contribution in [0.4, 0.5) is 5.69 Å². The minimum Gasteiger partial charge on any atom is -0.345 e. The molecule has 9 nitrogen and oxygen atoms in total. The third-order valence-corrected chi connectivity index (χ3v) is 5.30. The van der Waals surface area contributed by atoms with E-state index in [4.69, 9.17) is 11.6 Å². The van der Waals surface area contributed by atoms with Gasteiger partial charge in [0.05, 0.1) is 21.5 Å². The lowest BCUT2D eigenvalue weighted by Crippen LogP contribution is -2.32. The quantitative estimate of drug-likeness (QED) is 0.611. The van der Waals surface area contributed by atoms with Crippen molar-refractivity contribution in [2.75, 3.05) is 19.4 Å². The number of hydrogen-bond donors (Lipinski definition) is 2. The van der Waals surface area contributed by atoms with Crippen LogP contribution in [0.15, 0.2) is 33.9 Å². The Labute approximate surface area is 189 Å². The molecule has 0 spiro atoms. The molecule has 2 aromatic heterocycles. The Morgan fingerprint density at radius 2 is 1.88 bits per heavy atom. The first kappa shape index (κ1) is 23.2. The van der Waals surface area contributed by atoms with Crippen molar-refractivity contribution in [1.82, 2.24) is 19.4 Å². The smallest absolute Gasteiger partial charge is 0.329 e. The summed E-state index contributed by atoms with van der Waals surface area (Å²) in [5.74, 6) is -0.871. The second-order valence-corrected chi connectivity index (χ2v) is 8.21. The molecule has 0 saturated heterocycles. The molecule has 0 atom stereocenters. The number of carbonyl (C=O) groups is 2. The minimum atomic E-state index is -0.687. The third kappa shape index (κ3) is 4.29. The average molecular weight is 458 g/mol. The summed E-state index contributed by atoms with van der Waals surface area (Å²) in [5.41, 5.74) is 0.195. The van der Waals surface area contributed by atoms with E-state index >= 15 is 0 Å². The van der Waals surface area contributed by atoms with Gasteiger partial charge in [0.1, 0.15) is 0 Å². The van der Waals surface area contributed by atoms with Crippen molar-refractivity contribution >= 4 is 40.1 Å². The number of aromatic amines is 1. The second-order valence-electron chi connectivity index (χ2n) is 7.80. The zero-order valence-corrected chi connectivity index (χ0v) is 19.2. The van der Waals surface area contributed by atoms with Crippen LogP contribution in [0.3, 0.4) is 0 Å². The van der Waals surface area contributed by atoms with Crippen LogP contribution < -0.4 is 16.6 Å². The molecule has 0 bridgehead atoms. The molecule has 0 unspecified atom stereocenters. The Bertz CT molecular complexity index is 1340. The number of nitrogens with zero attached hydrogens (tertiary/aromatic N) is 3. The van der Waals surface area contributed by atoms with Crippen molar-refractivity contribution in [3.8, 4) is 0 Å². The van der Waals surface area contributed by atoms with Gasteiger partial charge in [-0.05, 0) is 37.1 Å². The summed E-state index contributed by atoms with van der Waals surface area (Å²) in [5, 5.41) is 2.92. The van der Waals surface area contributed by atoms with Crippen LogP contribution in [0, 0.1) is 0 Å². The molecule has 10 heteroatoms. The van der Waals surface area contributed by atoms with Crippen molar-refractivity contribution in [2.24, 2.45) is 0 Å². The summed E-state index contributed by atoms with van der Waals surface area (Å²) in [4.78, 5) is 58.3. The molecule has 168 valence electrons. The molecule has 1 aromatic carbocycles. The number of nitrogens with one attached hydrogen (secondary N) is 2. The monoisotopic (exact) mass is 457 g/mol. The van der Waals surface area contributed by atoms with Gasteiger partial charge < -0.3 is 10.2 Å². The molecule has 2 N–H and O–H groups in total. The highest BCUT2D eigenvalue weighted by molar-refractivity contribution is 6.34. The molecule has 3 aromatic rings. The van der Waals surface area contributed by atoms with Gasteiger partial charge in [-0.15, -0.1) is 0 Å². The number of amides is 2. The van der Waals surface area contributed by atoms with Crippen molar-refractivity contribution in [3.63, 3.8) is 0 Å². The van der Waals surface area contributed by atoms with Gasteiger partial charge in [-0.2, -0.15) is 0 Å². The highest BCUT2D eigenvalue weighted by atomic mass is 35.5. The van der Waals surface area contributed by atoms with Crippen molar-refractivity contribution in [2.45, 2.75) is 33.2 Å². The molecule has 0 radical (unpaired) electrons. The number of rotatable bonds is 5. The molecular weight excluding hydrogens is 434 g/mol. The van der Waals surface area contributed by atoms with Crippen LogP contribution in [0.2, 0.25) is 5.02 Å². The first-order chi connectivity index (χ1) is 15.0. The van der Waals surface area contributed by atoms with E-state index in [1.54, 1.807) is 33.2 Å². The zero-order valence-electron chi connectivity index (χ0n) is 18.4. The minimum absolute atomic E-state index is 0.0267. The number of carbonyl (C=O) groups excluding carboxylic acids is 2. The molecule has 2 heterocycles. The van der Waals surface area contributed by atoms with Gasteiger partial charge >= 0.3 is 5.69 Å². The van der Waals surface area contributed by atoms with E-state index in [2.05, 4.69) is 15.3 Å². The lowest BCUT2D eigenvalue weighted by molar-refractivity contribution is 0.0827. The normalized spacial score (nSPS) is 11.1. The Kier molecular flexibility index (Phi) is 6.50. The van der Waals surface area contributed by atoms with E-state index in [-0.39, 0.29) is 40.0 Å². The molecule has 0 aliphatic heterocycles. The van der Waals surface area contributed by atoms with Gasteiger partial charge in [0.2, 0.25) is 0 Å². The standard InChI is InChI=1S/C22H24ClN5O4/c1-6-28-18-17(20(30)26-22(28)32)14(10-16(25-18)11(2)3)19(29)24-12-7-8-13(15(23)9-12)21(31)27(4)5/h7-11H,6H2,1-5H3,(H,24,29)(H,26,30,32). The lowest BCUT2D eigenvalue weighted by Gasteiger charge is -2.15. The summed E-state index contributed by atoms with van der Waals surface area (Å²) in [6.07, 6.45) is 0. The average Bonchev–Trinajstić information content (AvgIpc) is 2.72. The highest BCUT2D eigenvalue weighted by Crippen LogP contribution is 2.24. The molecule has 0 aliphatic carbocycles. The number of hydrogen-bond acceptors (Lipinski definition) is 5. The number of halogens is 1. The maximum atomic E-state index is 13.2. The molecule has 2 amide bonds. The van der Waals surface area contributed by atoms with E-state index in [1.807, 2.05) is 13.8 Å². The van der Waals surface area contributed by atoms with E-state index in [1.165, 1.54) is 21.6 Å². The second kappa shape index (κ2) is 8.96. The van der Waals surface area contributed by atoms with Crippen molar-refractivity contribution in [1.29, 1.82) is 0 Å². The van der Waals surface area contributed by atoms with E-state index < -0.39 is 17.2 Å². The van der Waals surface area contributed by atoms with Gasteiger partial charge in [-0.3, -0.25) is 23.9 Å². The van der Waals surface area contributed by atoms with E-state index in [0.29, 0.717) is 16.9 Å². The van der Waals surface area contributed by atoms with Gasteiger partial charge in [-0.25, -0.2) is 9.78 Å². The molecule has 0 aliphatic rings. The maximum Gasteiger partial charge on any atom is 0.329 e. The largest absolute Gasteiger partial charge is 0.345 e. The third-order valence-electron chi connectivity index (χ3n) is 4.98. The summed E-state index contributed by atoms with van der Waals surface area (Å²) in [7, 11) is 3.23. The predicted octanol–water partition coefficient (Wildman–Crippen LogP) is 2.84. The molecule has 0 fully saturated rings. The zero-order chi connectivity index (χ0) is 23.7. The Balaban J connectivity index is 2.12. The first-order valence-electron chi connectivity index (χ1n) is 10.1. The Morgan fingerprint density at radius 3 is 2.44 bits per heavy atom. The fraction of sp³-hybridized carbons (Fsp3) is 0.318. The number of H-pyrrole nitrogens is 1. The molecular formula is C22H24ClN5O4. The molecule has 32 heavy (non-hydrogen) atoms. The van der Waals surface area contributed by atoms with Crippen molar-refractivity contribution in [3.05, 3.63) is 66.9 Å². The number of aryl methyl sites for hydroxylation is 1. The first-order valence-corrected chi connectivity index (χ1v) is 10.4. The Hall–Kier alpha value is -3.46. The number of benzene rings is 1. The Morgan fingerprint density at radius 1 is 1.19 bits per heavy atom. The van der Waals surface area contributed by atoms with Crippen LogP contribution in [0.5, 0.6) is 0 Å².